The summed E-state index contributed by atoms with van der Waals surface area (Å²) >= 11 is 0. The highest BCUT2D eigenvalue weighted by molar-refractivity contribution is 7.89. The Balaban J connectivity index is 1.79. The molecule has 0 fully saturated rings. The maximum atomic E-state index is 12.1. The monoisotopic (exact) mass is 358 g/mol. The lowest BCUT2D eigenvalue weighted by molar-refractivity contribution is 0.520. The third-order valence-corrected chi connectivity index (χ3v) is 5.51. The van der Waals surface area contributed by atoms with Gasteiger partial charge in [0.25, 0.3) is 0 Å². The van der Waals surface area contributed by atoms with Crippen molar-refractivity contribution in [1.29, 1.82) is 0 Å². The summed E-state index contributed by atoms with van der Waals surface area (Å²) in [6.45, 7) is 0.485. The van der Waals surface area contributed by atoms with Crippen molar-refractivity contribution in [2.75, 3.05) is 25.1 Å². The Kier molecular flexibility index (Phi) is 4.51. The van der Waals surface area contributed by atoms with Crippen LogP contribution < -0.4 is 11.1 Å². The molecule has 9 heteroatoms. The van der Waals surface area contributed by atoms with Gasteiger partial charge in [-0.15, -0.1) is 0 Å². The van der Waals surface area contributed by atoms with E-state index in [9.17, 15) is 8.42 Å². The summed E-state index contributed by atoms with van der Waals surface area (Å²) in [5, 5.41) is 3.98. The van der Waals surface area contributed by atoms with Crippen LogP contribution in [0.3, 0.4) is 0 Å². The molecular weight excluding hydrogens is 340 g/mol. The number of nitrogens with zero attached hydrogens (tertiary/aromatic N) is 4. The Hall–Kier alpha value is -2.78. The SMILES string of the molecule is CN(C)S(=O)(=O)c1ccc(CNc2ncnc3nc(N)ccc23)cc1. The van der Waals surface area contributed by atoms with E-state index in [0.717, 1.165) is 10.9 Å². The molecule has 2 heterocycles. The summed E-state index contributed by atoms with van der Waals surface area (Å²) in [4.78, 5) is 12.7. The molecule has 0 aliphatic heterocycles. The number of hydrogen-bond acceptors (Lipinski definition) is 7. The van der Waals surface area contributed by atoms with Crippen LogP contribution in [0, 0.1) is 0 Å². The van der Waals surface area contributed by atoms with Crippen LogP contribution in [0.5, 0.6) is 0 Å². The number of nitrogens with one attached hydrogen (secondary N) is 1. The van der Waals surface area contributed by atoms with Crippen LogP contribution in [0.25, 0.3) is 11.0 Å². The summed E-state index contributed by atoms with van der Waals surface area (Å²) in [6.07, 6.45) is 1.42. The number of sulfonamides is 1. The Morgan fingerprint density at radius 3 is 2.48 bits per heavy atom. The summed E-state index contributed by atoms with van der Waals surface area (Å²) < 4.78 is 25.3. The Labute approximate surface area is 145 Å². The van der Waals surface area contributed by atoms with Crippen LogP contribution in [0.15, 0.2) is 47.6 Å². The normalized spacial score (nSPS) is 11.8. The summed E-state index contributed by atoms with van der Waals surface area (Å²) in [5.74, 6) is 1.04. The summed E-state index contributed by atoms with van der Waals surface area (Å²) in [5.41, 5.74) is 7.11. The van der Waals surface area contributed by atoms with Gasteiger partial charge in [0.2, 0.25) is 10.0 Å². The van der Waals surface area contributed by atoms with Crippen molar-refractivity contribution in [2.24, 2.45) is 0 Å². The summed E-state index contributed by atoms with van der Waals surface area (Å²) in [6, 6.07) is 10.2. The minimum Gasteiger partial charge on any atom is -0.384 e. The molecule has 0 aliphatic carbocycles. The van der Waals surface area contributed by atoms with Crippen molar-refractivity contribution in [1.82, 2.24) is 19.3 Å². The smallest absolute Gasteiger partial charge is 0.242 e. The van der Waals surface area contributed by atoms with Crippen LogP contribution in [0.4, 0.5) is 11.6 Å². The molecule has 1 aromatic carbocycles. The molecule has 3 rings (SSSR count). The second kappa shape index (κ2) is 6.61. The first-order chi connectivity index (χ1) is 11.9. The van der Waals surface area contributed by atoms with Gasteiger partial charge in [0.05, 0.1) is 10.3 Å². The molecule has 3 N–H and O–H groups in total. The number of nitrogens with two attached hydrogens (primary N) is 1. The lowest BCUT2D eigenvalue weighted by Gasteiger charge is -2.12. The molecule has 0 aliphatic rings. The molecule has 8 nitrogen and oxygen atoms in total. The minimum absolute atomic E-state index is 0.258. The van der Waals surface area contributed by atoms with Gasteiger partial charge in [-0.1, -0.05) is 12.1 Å². The molecule has 2 aromatic heterocycles. The van der Waals surface area contributed by atoms with E-state index in [2.05, 4.69) is 20.3 Å². The number of anilines is 2. The van der Waals surface area contributed by atoms with Crippen molar-refractivity contribution in [3.05, 3.63) is 48.3 Å². The lowest BCUT2D eigenvalue weighted by atomic mass is 10.2. The first kappa shape index (κ1) is 17.1. The molecule has 130 valence electrons. The predicted octanol–water partition coefficient (Wildman–Crippen LogP) is 1.47. The van der Waals surface area contributed by atoms with E-state index < -0.39 is 10.0 Å². The fourth-order valence-electron chi connectivity index (χ4n) is 2.27. The van der Waals surface area contributed by atoms with Gasteiger partial charge in [0.15, 0.2) is 5.65 Å². The first-order valence-electron chi connectivity index (χ1n) is 7.50. The fourth-order valence-corrected chi connectivity index (χ4v) is 3.18. The molecule has 0 unspecified atom stereocenters. The molecular formula is C16H18N6O2S. The molecule has 0 bridgehead atoms. The molecule has 25 heavy (non-hydrogen) atoms. The first-order valence-corrected chi connectivity index (χ1v) is 8.94. The van der Waals surface area contributed by atoms with E-state index in [1.54, 1.807) is 30.3 Å². The van der Waals surface area contributed by atoms with Crippen LogP contribution in [0.2, 0.25) is 0 Å². The zero-order chi connectivity index (χ0) is 18.0. The van der Waals surface area contributed by atoms with E-state index in [-0.39, 0.29) is 4.90 Å². The topological polar surface area (TPSA) is 114 Å². The zero-order valence-electron chi connectivity index (χ0n) is 13.8. The largest absolute Gasteiger partial charge is 0.384 e. The highest BCUT2D eigenvalue weighted by Crippen LogP contribution is 2.20. The zero-order valence-corrected chi connectivity index (χ0v) is 14.7. The van der Waals surface area contributed by atoms with E-state index in [1.807, 2.05) is 6.07 Å². The maximum absolute atomic E-state index is 12.1. The second-order valence-electron chi connectivity index (χ2n) is 5.61. The van der Waals surface area contributed by atoms with Crippen molar-refractivity contribution in [2.45, 2.75) is 11.4 Å². The highest BCUT2D eigenvalue weighted by atomic mass is 32.2. The van der Waals surface area contributed by atoms with Crippen LogP contribution in [0.1, 0.15) is 5.56 Å². The number of hydrogen-bond donors (Lipinski definition) is 2. The second-order valence-corrected chi connectivity index (χ2v) is 7.77. The molecule has 0 atom stereocenters. The van der Waals surface area contributed by atoms with Gasteiger partial charge in [-0.05, 0) is 29.8 Å². The highest BCUT2D eigenvalue weighted by Gasteiger charge is 2.16. The standard InChI is InChI=1S/C16H18N6O2S/c1-22(2)25(23,24)12-5-3-11(4-6-12)9-18-15-13-7-8-14(17)21-16(13)20-10-19-15/h3-8,10H,9H2,1-2H3,(H3,17,18,19,20,21). The average Bonchev–Trinajstić information content (AvgIpc) is 2.59. The van der Waals surface area contributed by atoms with E-state index in [0.29, 0.717) is 23.8 Å². The van der Waals surface area contributed by atoms with Gasteiger partial charge in [-0.2, -0.15) is 0 Å². The quantitative estimate of drug-likeness (QED) is 0.710. The van der Waals surface area contributed by atoms with Gasteiger partial charge in [0.1, 0.15) is 18.0 Å². The number of rotatable bonds is 5. The van der Waals surface area contributed by atoms with Crippen molar-refractivity contribution < 1.29 is 8.42 Å². The lowest BCUT2D eigenvalue weighted by Crippen LogP contribution is -2.22. The molecule has 3 aromatic rings. The Morgan fingerprint density at radius 2 is 1.80 bits per heavy atom. The molecule has 0 radical (unpaired) electrons. The maximum Gasteiger partial charge on any atom is 0.242 e. The summed E-state index contributed by atoms with van der Waals surface area (Å²) in [7, 11) is -0.410. The van der Waals surface area contributed by atoms with E-state index in [1.165, 1.54) is 24.7 Å². The third-order valence-electron chi connectivity index (χ3n) is 3.68. The number of benzene rings is 1. The van der Waals surface area contributed by atoms with Gasteiger partial charge in [-0.25, -0.2) is 27.7 Å². The van der Waals surface area contributed by atoms with Crippen LogP contribution >= 0.6 is 0 Å². The van der Waals surface area contributed by atoms with E-state index >= 15 is 0 Å². The third kappa shape index (κ3) is 3.52. The minimum atomic E-state index is -3.42. The van der Waals surface area contributed by atoms with Gasteiger partial charge in [0, 0.05) is 20.6 Å². The van der Waals surface area contributed by atoms with Gasteiger partial charge in [-0.3, -0.25) is 0 Å². The van der Waals surface area contributed by atoms with Crippen LogP contribution in [-0.4, -0.2) is 41.8 Å². The number of aromatic nitrogens is 3. The van der Waals surface area contributed by atoms with Crippen molar-refractivity contribution >= 4 is 32.7 Å². The van der Waals surface area contributed by atoms with Gasteiger partial charge < -0.3 is 11.1 Å². The van der Waals surface area contributed by atoms with Gasteiger partial charge >= 0.3 is 0 Å². The molecule has 0 saturated heterocycles. The molecule has 0 amide bonds. The number of fused-ring (bicyclic) bond motifs is 1. The Morgan fingerprint density at radius 1 is 1.08 bits per heavy atom. The predicted molar refractivity (Wildman–Crippen MR) is 96.4 cm³/mol. The van der Waals surface area contributed by atoms with Crippen LogP contribution in [-0.2, 0) is 16.6 Å². The number of pyridine rings is 1. The van der Waals surface area contributed by atoms with E-state index in [4.69, 9.17) is 5.73 Å². The molecule has 0 spiro atoms. The van der Waals surface area contributed by atoms with Crippen molar-refractivity contribution in [3.63, 3.8) is 0 Å². The molecule has 0 saturated carbocycles. The van der Waals surface area contributed by atoms with Crippen molar-refractivity contribution in [3.8, 4) is 0 Å². The fraction of sp³-hybridized carbons (Fsp3) is 0.188. The Bertz CT molecular complexity index is 1000. The average molecular weight is 358 g/mol. The number of nitrogen functional groups attached to an aromatic ring is 1.